The van der Waals surface area contributed by atoms with Gasteiger partial charge in [-0.15, -0.1) is 0 Å². The molecule has 0 aromatic heterocycles. The maximum atomic E-state index is 5.61. The van der Waals surface area contributed by atoms with Gasteiger partial charge in [-0.25, -0.2) is 0 Å². The molecule has 3 rings (SSSR count). The lowest BCUT2D eigenvalue weighted by Gasteiger charge is -2.27. The summed E-state index contributed by atoms with van der Waals surface area (Å²) in [6.45, 7) is 10.2. The van der Waals surface area contributed by atoms with E-state index in [2.05, 4.69) is 20.1 Å². The molecule has 0 aromatic carbocycles. The molecule has 132 valence electrons. The van der Waals surface area contributed by atoms with E-state index in [0.717, 1.165) is 65.1 Å². The van der Waals surface area contributed by atoms with E-state index in [1.165, 1.54) is 32.2 Å². The predicted molar refractivity (Wildman–Crippen MR) is 91.9 cm³/mol. The van der Waals surface area contributed by atoms with Crippen molar-refractivity contribution in [2.75, 3.05) is 72.7 Å². The molecule has 3 aliphatic rings. The minimum absolute atomic E-state index is 0.397. The van der Waals surface area contributed by atoms with E-state index in [-0.39, 0.29) is 0 Å². The second kappa shape index (κ2) is 8.31. The van der Waals surface area contributed by atoms with Gasteiger partial charge in [0.25, 0.3) is 0 Å². The van der Waals surface area contributed by atoms with Gasteiger partial charge in [0.1, 0.15) is 0 Å². The second-order valence-electron chi connectivity index (χ2n) is 7.11. The van der Waals surface area contributed by atoms with Crippen molar-refractivity contribution >= 4 is 5.96 Å². The summed E-state index contributed by atoms with van der Waals surface area (Å²) >= 11 is 0. The first-order valence-electron chi connectivity index (χ1n) is 9.15. The molecule has 1 spiro atoms. The van der Waals surface area contributed by atoms with E-state index in [9.17, 15) is 0 Å². The van der Waals surface area contributed by atoms with Crippen molar-refractivity contribution in [2.24, 2.45) is 10.4 Å². The molecule has 0 amide bonds. The van der Waals surface area contributed by atoms with Crippen molar-refractivity contribution < 1.29 is 9.47 Å². The predicted octanol–water partition coefficient (Wildman–Crippen LogP) is 0.787. The highest BCUT2D eigenvalue weighted by Crippen LogP contribution is 2.38. The van der Waals surface area contributed by atoms with E-state index in [1.54, 1.807) is 0 Å². The molecule has 1 N–H and O–H groups in total. The Bertz CT molecular complexity index is 390. The zero-order valence-electron chi connectivity index (χ0n) is 14.6. The summed E-state index contributed by atoms with van der Waals surface area (Å²) in [7, 11) is 1.90. The molecule has 0 radical (unpaired) electrons. The average Bonchev–Trinajstić information content (AvgIpc) is 3.22. The van der Waals surface area contributed by atoms with Gasteiger partial charge >= 0.3 is 0 Å². The third kappa shape index (κ3) is 4.58. The Kier molecular flexibility index (Phi) is 6.14. The number of hydrogen-bond acceptors (Lipinski definition) is 4. The first-order valence-corrected chi connectivity index (χ1v) is 9.15. The maximum Gasteiger partial charge on any atom is 0.193 e. The summed E-state index contributed by atoms with van der Waals surface area (Å²) < 4.78 is 11.0. The Hall–Kier alpha value is -0.850. The van der Waals surface area contributed by atoms with Crippen molar-refractivity contribution in [1.29, 1.82) is 0 Å². The van der Waals surface area contributed by atoms with Crippen LogP contribution in [0, 0.1) is 5.41 Å². The molecule has 1 unspecified atom stereocenters. The lowest BCUT2D eigenvalue weighted by Crippen LogP contribution is -2.42. The number of guanidine groups is 1. The molecule has 1 atom stereocenters. The largest absolute Gasteiger partial charge is 0.381 e. The van der Waals surface area contributed by atoms with Crippen LogP contribution in [0.1, 0.15) is 25.7 Å². The van der Waals surface area contributed by atoms with Gasteiger partial charge in [0.15, 0.2) is 5.96 Å². The second-order valence-corrected chi connectivity index (χ2v) is 7.11. The number of nitrogens with one attached hydrogen (secondary N) is 1. The van der Waals surface area contributed by atoms with Gasteiger partial charge in [-0.05, 0) is 32.2 Å². The van der Waals surface area contributed by atoms with Crippen molar-refractivity contribution in [3.8, 4) is 0 Å². The van der Waals surface area contributed by atoms with Crippen LogP contribution in [0.3, 0.4) is 0 Å². The van der Waals surface area contributed by atoms with E-state index in [0.29, 0.717) is 5.41 Å². The normalized spacial score (nSPS) is 29.6. The zero-order valence-corrected chi connectivity index (χ0v) is 14.6. The summed E-state index contributed by atoms with van der Waals surface area (Å²) in [5, 5.41) is 3.55. The third-order valence-electron chi connectivity index (χ3n) is 5.42. The molecular weight excluding hydrogens is 292 g/mol. The number of aliphatic imine (C=N–C) groups is 1. The standard InChI is InChI=1S/C17H32N4O2/c1-18-16(21-8-4-17(14-21)5-11-23-15-17)19-6-2-3-7-20-9-12-22-13-10-20/h2-15H2,1H3,(H,18,19). The lowest BCUT2D eigenvalue weighted by atomic mass is 9.87. The van der Waals surface area contributed by atoms with Gasteiger partial charge in [-0.3, -0.25) is 9.89 Å². The Morgan fingerprint density at radius 3 is 2.70 bits per heavy atom. The van der Waals surface area contributed by atoms with Crippen LogP contribution in [0.25, 0.3) is 0 Å². The van der Waals surface area contributed by atoms with E-state index in [1.807, 2.05) is 7.05 Å². The van der Waals surface area contributed by atoms with Gasteiger partial charge in [0.2, 0.25) is 0 Å². The van der Waals surface area contributed by atoms with E-state index >= 15 is 0 Å². The Morgan fingerprint density at radius 1 is 1.09 bits per heavy atom. The fraction of sp³-hybridized carbons (Fsp3) is 0.941. The molecule has 3 fully saturated rings. The molecule has 3 saturated heterocycles. The highest BCUT2D eigenvalue weighted by molar-refractivity contribution is 5.80. The minimum atomic E-state index is 0.397. The zero-order chi connectivity index (χ0) is 16.0. The number of ether oxygens (including phenoxy) is 2. The molecule has 3 aliphatic heterocycles. The SMILES string of the molecule is CN=C(NCCCCN1CCOCC1)N1CCC2(CCOC2)C1. The summed E-state index contributed by atoms with van der Waals surface area (Å²) in [5.41, 5.74) is 0.397. The molecule has 0 aliphatic carbocycles. The molecule has 3 heterocycles. The van der Waals surface area contributed by atoms with Crippen LogP contribution in [0.2, 0.25) is 0 Å². The maximum absolute atomic E-state index is 5.61. The monoisotopic (exact) mass is 324 g/mol. The van der Waals surface area contributed by atoms with Crippen LogP contribution in [0.4, 0.5) is 0 Å². The van der Waals surface area contributed by atoms with Crippen LogP contribution >= 0.6 is 0 Å². The van der Waals surface area contributed by atoms with Crippen molar-refractivity contribution in [2.45, 2.75) is 25.7 Å². The molecule has 0 saturated carbocycles. The number of nitrogens with zero attached hydrogens (tertiary/aromatic N) is 3. The Labute approximate surface area is 140 Å². The van der Waals surface area contributed by atoms with Crippen LogP contribution < -0.4 is 5.32 Å². The number of morpholine rings is 1. The van der Waals surface area contributed by atoms with Gasteiger partial charge in [-0.2, -0.15) is 0 Å². The van der Waals surface area contributed by atoms with Crippen LogP contribution in [-0.2, 0) is 9.47 Å². The van der Waals surface area contributed by atoms with Crippen LogP contribution in [0.5, 0.6) is 0 Å². The summed E-state index contributed by atoms with van der Waals surface area (Å²) in [6.07, 6.45) is 4.88. The van der Waals surface area contributed by atoms with E-state index in [4.69, 9.17) is 9.47 Å². The molecule has 23 heavy (non-hydrogen) atoms. The van der Waals surface area contributed by atoms with Crippen LogP contribution in [-0.4, -0.2) is 88.5 Å². The number of unbranched alkanes of at least 4 members (excludes halogenated alkanes) is 1. The molecule has 0 bridgehead atoms. The van der Waals surface area contributed by atoms with Gasteiger partial charge < -0.3 is 19.7 Å². The molecule has 0 aromatic rings. The highest BCUT2D eigenvalue weighted by atomic mass is 16.5. The number of likely N-dealkylation sites (tertiary alicyclic amines) is 1. The average molecular weight is 324 g/mol. The van der Waals surface area contributed by atoms with Crippen molar-refractivity contribution in [1.82, 2.24) is 15.1 Å². The van der Waals surface area contributed by atoms with Gasteiger partial charge in [-0.1, -0.05) is 0 Å². The van der Waals surface area contributed by atoms with Gasteiger partial charge in [0.05, 0.1) is 19.8 Å². The van der Waals surface area contributed by atoms with Crippen LogP contribution in [0.15, 0.2) is 4.99 Å². The third-order valence-corrected chi connectivity index (χ3v) is 5.42. The highest BCUT2D eigenvalue weighted by Gasteiger charge is 2.42. The smallest absolute Gasteiger partial charge is 0.193 e. The minimum Gasteiger partial charge on any atom is -0.381 e. The summed E-state index contributed by atoms with van der Waals surface area (Å²) in [5.74, 6) is 1.07. The Balaban J connectivity index is 1.32. The molecule has 6 heteroatoms. The van der Waals surface area contributed by atoms with Crippen molar-refractivity contribution in [3.63, 3.8) is 0 Å². The topological polar surface area (TPSA) is 49.3 Å². The first kappa shape index (κ1) is 17.0. The number of hydrogen-bond donors (Lipinski definition) is 1. The van der Waals surface area contributed by atoms with Crippen molar-refractivity contribution in [3.05, 3.63) is 0 Å². The fourth-order valence-corrected chi connectivity index (χ4v) is 3.90. The quantitative estimate of drug-likeness (QED) is 0.460. The Morgan fingerprint density at radius 2 is 1.96 bits per heavy atom. The first-order chi connectivity index (χ1) is 11.3. The lowest BCUT2D eigenvalue weighted by molar-refractivity contribution is 0.0372. The van der Waals surface area contributed by atoms with E-state index < -0.39 is 0 Å². The summed E-state index contributed by atoms with van der Waals surface area (Å²) in [4.78, 5) is 9.39. The molecule has 6 nitrogen and oxygen atoms in total. The van der Waals surface area contributed by atoms with Gasteiger partial charge in [0, 0.05) is 51.8 Å². The molecular formula is C17H32N4O2. The number of rotatable bonds is 5. The fourth-order valence-electron chi connectivity index (χ4n) is 3.90. The summed E-state index contributed by atoms with van der Waals surface area (Å²) in [6, 6.07) is 0.